The minimum atomic E-state index is -1.03. The monoisotopic (exact) mass is 462 g/mol. The molecule has 174 valence electrons. The van der Waals surface area contributed by atoms with E-state index in [2.05, 4.69) is 5.32 Å². The van der Waals surface area contributed by atoms with Crippen LogP contribution in [0.5, 0.6) is 0 Å². The van der Waals surface area contributed by atoms with Crippen LogP contribution >= 0.6 is 0 Å². The zero-order valence-corrected chi connectivity index (χ0v) is 18.4. The second kappa shape index (κ2) is 8.27. The van der Waals surface area contributed by atoms with Crippen LogP contribution in [0.15, 0.2) is 42.5 Å². The van der Waals surface area contributed by atoms with Gasteiger partial charge in [0.05, 0.1) is 22.2 Å². The number of halogens is 1. The summed E-state index contributed by atoms with van der Waals surface area (Å²) in [6, 6.07) is 10.1. The molecule has 1 spiro atoms. The zero-order valence-electron chi connectivity index (χ0n) is 18.4. The fourth-order valence-electron chi connectivity index (χ4n) is 5.72. The molecule has 2 aromatic rings. The Balaban J connectivity index is 1.34. The molecule has 0 saturated heterocycles. The number of fused-ring (bicyclic) bond motifs is 1. The third-order valence-corrected chi connectivity index (χ3v) is 7.33. The Kier molecular flexibility index (Phi) is 5.38. The Hall–Kier alpha value is -3.68. The number of hydrogen-bond donors (Lipinski definition) is 1. The van der Waals surface area contributed by atoms with Gasteiger partial charge in [-0.3, -0.25) is 24.0 Å². The highest BCUT2D eigenvalue weighted by molar-refractivity contribution is 6.34. The summed E-state index contributed by atoms with van der Waals surface area (Å²) in [6.45, 7) is 0. The van der Waals surface area contributed by atoms with Crippen molar-refractivity contribution in [1.29, 1.82) is 0 Å². The van der Waals surface area contributed by atoms with E-state index in [0.29, 0.717) is 18.5 Å². The van der Waals surface area contributed by atoms with Gasteiger partial charge in [-0.1, -0.05) is 25.0 Å². The molecule has 7 nitrogen and oxygen atoms in total. The molecule has 1 N–H and O–H groups in total. The number of Topliss-reactive ketones (excluding diaryl/α,β-unsaturated/α-hetero) is 2. The summed E-state index contributed by atoms with van der Waals surface area (Å²) in [6.07, 6.45) is 3.37. The van der Waals surface area contributed by atoms with Crippen molar-refractivity contribution in [3.8, 4) is 0 Å². The Labute approximate surface area is 195 Å². The van der Waals surface area contributed by atoms with Crippen molar-refractivity contribution in [2.75, 3.05) is 10.2 Å². The van der Waals surface area contributed by atoms with Crippen molar-refractivity contribution in [3.05, 3.63) is 59.4 Å². The van der Waals surface area contributed by atoms with E-state index in [0.717, 1.165) is 23.8 Å². The Bertz CT molecular complexity index is 1240. The predicted molar refractivity (Wildman–Crippen MR) is 121 cm³/mol. The zero-order chi connectivity index (χ0) is 24.0. The first-order chi connectivity index (χ1) is 16.3. The van der Waals surface area contributed by atoms with Gasteiger partial charge in [0.15, 0.2) is 0 Å². The summed E-state index contributed by atoms with van der Waals surface area (Å²) in [5.74, 6) is -2.92. The van der Waals surface area contributed by atoms with E-state index in [1.54, 1.807) is 12.1 Å². The molecule has 1 aliphatic heterocycles. The van der Waals surface area contributed by atoms with Gasteiger partial charge < -0.3 is 5.32 Å². The summed E-state index contributed by atoms with van der Waals surface area (Å²) in [4.78, 5) is 64.5. The van der Waals surface area contributed by atoms with Crippen molar-refractivity contribution in [1.82, 2.24) is 0 Å². The standard InChI is InChI=1S/C26H23FN2O5/c27-19-9-4-8-18-23(19)25(34)29(24(18)33)17-7-3-6-16(14-17)28-22(32)13-15-5-1-2-12-26(15)20(30)10-11-21(26)31/h3-4,6-9,14-15H,1-2,5,10-13H2,(H,28,32). The van der Waals surface area contributed by atoms with Crippen LogP contribution in [-0.2, 0) is 14.4 Å². The smallest absolute Gasteiger partial charge is 0.269 e. The van der Waals surface area contributed by atoms with E-state index in [1.807, 2.05) is 0 Å². The topological polar surface area (TPSA) is 101 Å². The van der Waals surface area contributed by atoms with Gasteiger partial charge in [0.2, 0.25) is 5.91 Å². The average Bonchev–Trinajstić information content (AvgIpc) is 3.24. The van der Waals surface area contributed by atoms with Crippen molar-refractivity contribution in [2.45, 2.75) is 44.9 Å². The van der Waals surface area contributed by atoms with Crippen molar-refractivity contribution < 1.29 is 28.4 Å². The van der Waals surface area contributed by atoms with E-state index >= 15 is 0 Å². The lowest BCUT2D eigenvalue weighted by Crippen LogP contribution is -2.44. The normalized spacial score (nSPS) is 21.3. The SMILES string of the molecule is O=C(CC1CCCCC12C(=O)CCC2=O)Nc1cccc(N2C(=O)c3cccc(F)c3C2=O)c1. The number of amides is 3. The Morgan fingerprint density at radius 1 is 1.00 bits per heavy atom. The number of anilines is 2. The predicted octanol–water partition coefficient (Wildman–Crippen LogP) is 4.06. The highest BCUT2D eigenvalue weighted by Crippen LogP contribution is 2.49. The van der Waals surface area contributed by atoms with Gasteiger partial charge in [-0.15, -0.1) is 0 Å². The lowest BCUT2D eigenvalue weighted by Gasteiger charge is -2.38. The van der Waals surface area contributed by atoms with E-state index in [-0.39, 0.29) is 59.5 Å². The van der Waals surface area contributed by atoms with Gasteiger partial charge in [0.25, 0.3) is 11.8 Å². The second-order valence-corrected chi connectivity index (χ2v) is 9.17. The fraction of sp³-hybridized carbons (Fsp3) is 0.346. The number of nitrogens with zero attached hydrogens (tertiary/aromatic N) is 1. The summed E-state index contributed by atoms with van der Waals surface area (Å²) in [7, 11) is 0. The molecule has 1 heterocycles. The van der Waals surface area contributed by atoms with Crippen molar-refractivity contribution >= 4 is 40.7 Å². The van der Waals surface area contributed by atoms with E-state index in [9.17, 15) is 28.4 Å². The molecule has 8 heteroatoms. The Morgan fingerprint density at radius 2 is 1.74 bits per heavy atom. The van der Waals surface area contributed by atoms with Gasteiger partial charge in [0, 0.05) is 24.9 Å². The van der Waals surface area contributed by atoms with Gasteiger partial charge >= 0.3 is 0 Å². The summed E-state index contributed by atoms with van der Waals surface area (Å²) >= 11 is 0. The molecule has 34 heavy (non-hydrogen) atoms. The first-order valence-corrected chi connectivity index (χ1v) is 11.5. The van der Waals surface area contributed by atoms with Crippen LogP contribution in [0.25, 0.3) is 0 Å². The molecule has 3 amide bonds. The first kappa shape index (κ1) is 22.1. The van der Waals surface area contributed by atoms with Gasteiger partial charge in [0.1, 0.15) is 17.4 Å². The highest BCUT2D eigenvalue weighted by Gasteiger charge is 2.55. The van der Waals surface area contributed by atoms with Crippen LogP contribution < -0.4 is 10.2 Å². The number of carbonyl (C=O) groups excluding carboxylic acids is 5. The molecule has 2 aromatic carbocycles. The molecule has 1 atom stereocenters. The maximum absolute atomic E-state index is 14.2. The van der Waals surface area contributed by atoms with Crippen LogP contribution in [0.4, 0.5) is 15.8 Å². The average molecular weight is 462 g/mol. The minimum Gasteiger partial charge on any atom is -0.326 e. The van der Waals surface area contributed by atoms with Crippen LogP contribution in [0.1, 0.15) is 65.7 Å². The number of rotatable bonds is 4. The number of carbonyl (C=O) groups is 5. The van der Waals surface area contributed by atoms with Gasteiger partial charge in [-0.2, -0.15) is 0 Å². The van der Waals surface area contributed by atoms with Gasteiger partial charge in [-0.25, -0.2) is 9.29 Å². The molecule has 3 aliphatic rings. The third-order valence-electron chi connectivity index (χ3n) is 7.33. The van der Waals surface area contributed by atoms with Crippen molar-refractivity contribution in [2.24, 2.45) is 11.3 Å². The van der Waals surface area contributed by atoms with E-state index in [4.69, 9.17) is 0 Å². The quantitative estimate of drug-likeness (QED) is 0.546. The van der Waals surface area contributed by atoms with E-state index < -0.39 is 23.0 Å². The molecule has 0 radical (unpaired) electrons. The van der Waals surface area contributed by atoms with Crippen LogP contribution in [-0.4, -0.2) is 29.3 Å². The molecule has 1 unspecified atom stereocenters. The molecule has 0 aromatic heterocycles. The molecule has 2 saturated carbocycles. The molecular weight excluding hydrogens is 439 g/mol. The molecular formula is C26H23FN2O5. The maximum Gasteiger partial charge on any atom is 0.269 e. The Morgan fingerprint density at radius 3 is 2.47 bits per heavy atom. The van der Waals surface area contributed by atoms with Crippen LogP contribution in [0.3, 0.4) is 0 Å². The molecule has 2 aliphatic carbocycles. The second-order valence-electron chi connectivity index (χ2n) is 9.17. The number of hydrogen-bond acceptors (Lipinski definition) is 5. The molecule has 5 rings (SSSR count). The number of imide groups is 1. The maximum atomic E-state index is 14.2. The summed E-state index contributed by atoms with van der Waals surface area (Å²) in [5, 5.41) is 2.77. The fourth-order valence-corrected chi connectivity index (χ4v) is 5.72. The number of nitrogens with one attached hydrogen (secondary N) is 1. The summed E-state index contributed by atoms with van der Waals surface area (Å²) in [5.41, 5.74) is -0.739. The number of ketones is 2. The lowest BCUT2D eigenvalue weighted by molar-refractivity contribution is -0.142. The van der Waals surface area contributed by atoms with Crippen LogP contribution in [0, 0.1) is 17.2 Å². The molecule has 0 bridgehead atoms. The first-order valence-electron chi connectivity index (χ1n) is 11.5. The molecule has 2 fully saturated rings. The minimum absolute atomic E-state index is 0.00654. The van der Waals surface area contributed by atoms with Gasteiger partial charge in [-0.05, 0) is 49.1 Å². The third kappa shape index (κ3) is 3.36. The summed E-state index contributed by atoms with van der Waals surface area (Å²) < 4.78 is 14.2. The highest BCUT2D eigenvalue weighted by atomic mass is 19.1. The largest absolute Gasteiger partial charge is 0.326 e. The van der Waals surface area contributed by atoms with E-state index in [1.165, 1.54) is 24.3 Å². The van der Waals surface area contributed by atoms with Crippen LogP contribution in [0.2, 0.25) is 0 Å². The van der Waals surface area contributed by atoms with Crippen molar-refractivity contribution in [3.63, 3.8) is 0 Å². The number of benzene rings is 2. The lowest BCUT2D eigenvalue weighted by atomic mass is 9.63.